The van der Waals surface area contributed by atoms with E-state index in [1.165, 1.54) is 0 Å². The zero-order valence-electron chi connectivity index (χ0n) is 7.08. The van der Waals surface area contributed by atoms with Crippen molar-refractivity contribution in [3.05, 3.63) is 0 Å². The lowest BCUT2D eigenvalue weighted by molar-refractivity contribution is -0.120. The summed E-state index contributed by atoms with van der Waals surface area (Å²) < 4.78 is 0. The smallest absolute Gasteiger partial charge is 0.233 e. The molecule has 12 heavy (non-hydrogen) atoms. The standard InChI is InChI=1S/C8H15NO2S/c10-5-6-12-7-3-1-2-4-9-8(7)11/h7,10H,1-6H2,(H,9,11). The summed E-state index contributed by atoms with van der Waals surface area (Å²) in [5, 5.41) is 11.5. The van der Waals surface area contributed by atoms with Crippen molar-refractivity contribution in [2.45, 2.75) is 24.5 Å². The number of rotatable bonds is 3. The van der Waals surface area contributed by atoms with Gasteiger partial charge in [-0.3, -0.25) is 4.79 Å². The predicted octanol–water partition coefficient (Wildman–Crippen LogP) is 0.381. The van der Waals surface area contributed by atoms with Crippen LogP contribution in [0, 0.1) is 0 Å². The second kappa shape index (κ2) is 5.43. The van der Waals surface area contributed by atoms with E-state index in [0.717, 1.165) is 25.8 Å². The van der Waals surface area contributed by atoms with Gasteiger partial charge in [-0.15, -0.1) is 11.8 Å². The predicted molar refractivity (Wildman–Crippen MR) is 50.2 cm³/mol. The van der Waals surface area contributed by atoms with Gasteiger partial charge in [-0.1, -0.05) is 6.42 Å². The van der Waals surface area contributed by atoms with Crippen molar-refractivity contribution in [3.63, 3.8) is 0 Å². The Hall–Kier alpha value is -0.220. The lowest BCUT2D eigenvalue weighted by Gasteiger charge is -2.10. The SMILES string of the molecule is O=C1NCCCCC1SCCO. The highest BCUT2D eigenvalue weighted by Gasteiger charge is 2.19. The van der Waals surface area contributed by atoms with Gasteiger partial charge in [0.15, 0.2) is 0 Å². The van der Waals surface area contributed by atoms with Gasteiger partial charge in [0, 0.05) is 12.3 Å². The minimum absolute atomic E-state index is 0.0691. The van der Waals surface area contributed by atoms with Crippen LogP contribution in [0.1, 0.15) is 19.3 Å². The molecule has 0 aromatic carbocycles. The molecule has 1 aliphatic rings. The molecule has 1 aliphatic heterocycles. The molecule has 1 amide bonds. The summed E-state index contributed by atoms with van der Waals surface area (Å²) >= 11 is 1.56. The molecule has 2 N–H and O–H groups in total. The minimum atomic E-state index is 0.0691. The van der Waals surface area contributed by atoms with Crippen LogP contribution in [-0.4, -0.2) is 35.2 Å². The normalized spacial score (nSPS) is 24.8. The van der Waals surface area contributed by atoms with Crippen molar-refractivity contribution >= 4 is 17.7 Å². The maximum Gasteiger partial charge on any atom is 0.233 e. The molecule has 3 nitrogen and oxygen atoms in total. The molecule has 70 valence electrons. The number of thioether (sulfide) groups is 1. The van der Waals surface area contributed by atoms with Crippen molar-refractivity contribution in [3.8, 4) is 0 Å². The maximum absolute atomic E-state index is 11.3. The topological polar surface area (TPSA) is 49.3 Å². The van der Waals surface area contributed by atoms with Crippen molar-refractivity contribution in [2.24, 2.45) is 0 Å². The highest BCUT2D eigenvalue weighted by molar-refractivity contribution is 8.00. The molecule has 1 fully saturated rings. The van der Waals surface area contributed by atoms with Crippen molar-refractivity contribution < 1.29 is 9.90 Å². The molecule has 1 rings (SSSR count). The average Bonchev–Trinajstić information content (AvgIpc) is 2.27. The third-order valence-electron chi connectivity index (χ3n) is 1.90. The molecule has 0 spiro atoms. The summed E-state index contributed by atoms with van der Waals surface area (Å²) in [7, 11) is 0. The average molecular weight is 189 g/mol. The monoisotopic (exact) mass is 189 g/mol. The lowest BCUT2D eigenvalue weighted by Crippen LogP contribution is -2.31. The third-order valence-corrected chi connectivity index (χ3v) is 3.17. The molecule has 1 heterocycles. The summed E-state index contributed by atoms with van der Waals surface area (Å²) in [6, 6.07) is 0. The first-order valence-corrected chi connectivity index (χ1v) is 5.39. The summed E-state index contributed by atoms with van der Waals surface area (Å²) in [5.74, 6) is 0.809. The molecular formula is C8H15NO2S. The Bertz CT molecular complexity index is 152. The summed E-state index contributed by atoms with van der Waals surface area (Å²) in [6.45, 7) is 0.976. The van der Waals surface area contributed by atoms with Gasteiger partial charge in [0.05, 0.1) is 11.9 Å². The van der Waals surface area contributed by atoms with Gasteiger partial charge in [-0.25, -0.2) is 0 Å². The molecular weight excluding hydrogens is 174 g/mol. The number of aliphatic hydroxyl groups excluding tert-OH is 1. The summed E-state index contributed by atoms with van der Waals surface area (Å²) in [6.07, 6.45) is 3.15. The minimum Gasteiger partial charge on any atom is -0.396 e. The van der Waals surface area contributed by atoms with E-state index in [1.807, 2.05) is 0 Å². The van der Waals surface area contributed by atoms with Crippen LogP contribution >= 0.6 is 11.8 Å². The highest BCUT2D eigenvalue weighted by atomic mass is 32.2. The second-order valence-corrected chi connectivity index (χ2v) is 4.18. The maximum atomic E-state index is 11.3. The quantitative estimate of drug-likeness (QED) is 0.675. The number of hydrogen-bond donors (Lipinski definition) is 2. The summed E-state index contributed by atoms with van der Waals surface area (Å²) in [5.41, 5.74) is 0. The fourth-order valence-corrected chi connectivity index (χ4v) is 2.22. The Morgan fingerprint density at radius 1 is 1.58 bits per heavy atom. The molecule has 0 bridgehead atoms. The second-order valence-electron chi connectivity index (χ2n) is 2.87. The van der Waals surface area contributed by atoms with Gasteiger partial charge in [0.2, 0.25) is 5.91 Å². The molecule has 0 aromatic rings. The van der Waals surface area contributed by atoms with Gasteiger partial charge in [0.1, 0.15) is 0 Å². The Kier molecular flexibility index (Phi) is 4.46. The molecule has 4 heteroatoms. The van der Waals surface area contributed by atoms with Gasteiger partial charge < -0.3 is 10.4 Å². The Morgan fingerprint density at radius 2 is 2.42 bits per heavy atom. The largest absolute Gasteiger partial charge is 0.396 e. The molecule has 0 radical (unpaired) electrons. The van der Waals surface area contributed by atoms with Crippen LogP contribution in [-0.2, 0) is 4.79 Å². The van der Waals surface area contributed by atoms with Gasteiger partial charge in [-0.2, -0.15) is 0 Å². The molecule has 0 aromatic heterocycles. The molecule has 0 saturated carbocycles. The van der Waals surface area contributed by atoms with Gasteiger partial charge in [0.25, 0.3) is 0 Å². The first kappa shape index (κ1) is 9.86. The molecule has 1 unspecified atom stereocenters. The highest BCUT2D eigenvalue weighted by Crippen LogP contribution is 2.19. The molecule has 1 atom stereocenters. The van der Waals surface area contributed by atoms with E-state index in [4.69, 9.17) is 5.11 Å². The Labute approximate surface area is 76.9 Å². The van der Waals surface area contributed by atoms with E-state index in [1.54, 1.807) is 11.8 Å². The van der Waals surface area contributed by atoms with Crippen LogP contribution < -0.4 is 5.32 Å². The van der Waals surface area contributed by atoms with E-state index < -0.39 is 0 Å². The van der Waals surface area contributed by atoms with Crippen molar-refractivity contribution in [2.75, 3.05) is 18.9 Å². The number of carbonyl (C=O) groups excluding carboxylic acids is 1. The third kappa shape index (κ3) is 3.03. The van der Waals surface area contributed by atoms with E-state index in [-0.39, 0.29) is 17.8 Å². The Balaban J connectivity index is 2.31. The van der Waals surface area contributed by atoms with Gasteiger partial charge >= 0.3 is 0 Å². The number of hydrogen-bond acceptors (Lipinski definition) is 3. The number of aliphatic hydroxyl groups is 1. The number of amides is 1. The van der Waals surface area contributed by atoms with Gasteiger partial charge in [-0.05, 0) is 12.8 Å². The molecule has 1 saturated heterocycles. The zero-order valence-corrected chi connectivity index (χ0v) is 7.90. The van der Waals surface area contributed by atoms with E-state index in [0.29, 0.717) is 5.75 Å². The van der Waals surface area contributed by atoms with Crippen molar-refractivity contribution in [1.29, 1.82) is 0 Å². The first-order chi connectivity index (χ1) is 5.84. The fourth-order valence-electron chi connectivity index (χ4n) is 1.27. The van der Waals surface area contributed by atoms with E-state index in [2.05, 4.69) is 5.32 Å². The molecule has 0 aliphatic carbocycles. The van der Waals surface area contributed by atoms with Crippen LogP contribution in [0.15, 0.2) is 0 Å². The number of nitrogens with one attached hydrogen (secondary N) is 1. The van der Waals surface area contributed by atoms with Crippen LogP contribution in [0.25, 0.3) is 0 Å². The van der Waals surface area contributed by atoms with E-state index in [9.17, 15) is 4.79 Å². The summed E-state index contributed by atoms with van der Waals surface area (Å²) in [4.78, 5) is 11.3. The van der Waals surface area contributed by atoms with Crippen LogP contribution in [0.5, 0.6) is 0 Å². The number of carbonyl (C=O) groups is 1. The van der Waals surface area contributed by atoms with Crippen LogP contribution in [0.4, 0.5) is 0 Å². The van der Waals surface area contributed by atoms with Crippen molar-refractivity contribution in [1.82, 2.24) is 5.32 Å². The Morgan fingerprint density at radius 3 is 3.17 bits per heavy atom. The first-order valence-electron chi connectivity index (χ1n) is 4.35. The lowest BCUT2D eigenvalue weighted by atomic mass is 10.2. The van der Waals surface area contributed by atoms with Crippen LogP contribution in [0.3, 0.4) is 0 Å². The van der Waals surface area contributed by atoms with Crippen LogP contribution in [0.2, 0.25) is 0 Å². The fraction of sp³-hybridized carbons (Fsp3) is 0.875. The zero-order chi connectivity index (χ0) is 8.81. The van der Waals surface area contributed by atoms with E-state index >= 15 is 0 Å².